The normalized spacial score (nSPS) is 12.4. The Morgan fingerprint density at radius 1 is 0.312 bits per heavy atom. The molecule has 0 amide bonds. The molecule has 64 heavy (non-hydrogen) atoms. The minimum atomic E-state index is -0.760. The van der Waals surface area contributed by atoms with E-state index in [0.29, 0.717) is 19.3 Å². The number of carbonyl (C=O) groups excluding carboxylic acids is 3. The van der Waals surface area contributed by atoms with Crippen LogP contribution < -0.4 is 0 Å². The quantitative estimate of drug-likeness (QED) is 0.0344. The molecular weight excluding hydrogens is 793 g/mol. The molecule has 0 spiro atoms. The summed E-state index contributed by atoms with van der Waals surface area (Å²) in [5.41, 5.74) is 0. The first-order valence-corrected chi connectivity index (χ1v) is 28.9. The van der Waals surface area contributed by atoms with Gasteiger partial charge in [-0.2, -0.15) is 0 Å². The van der Waals surface area contributed by atoms with Crippen LogP contribution >= 0.6 is 0 Å². The molecule has 380 valence electrons. The Morgan fingerprint density at radius 3 is 0.812 bits per heavy atom. The van der Waals surface area contributed by atoms with Crippen molar-refractivity contribution in [2.24, 2.45) is 5.92 Å². The van der Waals surface area contributed by atoms with Gasteiger partial charge in [0.15, 0.2) is 6.10 Å². The first kappa shape index (κ1) is 62.4. The number of unbranched alkanes of at least 4 members (excludes halogenated alkanes) is 39. The van der Waals surface area contributed by atoms with E-state index in [4.69, 9.17) is 14.2 Å². The SMILES string of the molecule is CCCCCCCCCCCCCCCCCCCC(=O)OC[C@@H](COC(=O)CCCCCCCCC)OC(=O)CCCCCCCCCCCCCCCCCCCCC(C)CC. The van der Waals surface area contributed by atoms with Crippen LogP contribution in [0.1, 0.15) is 329 Å². The van der Waals surface area contributed by atoms with Gasteiger partial charge < -0.3 is 14.2 Å². The van der Waals surface area contributed by atoms with Crippen LogP contribution in [0.25, 0.3) is 0 Å². The summed E-state index contributed by atoms with van der Waals surface area (Å²) < 4.78 is 16.8. The predicted octanol–water partition coefficient (Wildman–Crippen LogP) is 19.0. The average Bonchev–Trinajstić information content (AvgIpc) is 3.29. The van der Waals surface area contributed by atoms with E-state index in [1.807, 2.05) is 0 Å². The van der Waals surface area contributed by atoms with Crippen LogP contribution in [-0.4, -0.2) is 37.2 Å². The maximum atomic E-state index is 12.8. The molecule has 2 atom stereocenters. The molecule has 0 rings (SSSR count). The summed E-state index contributed by atoms with van der Waals surface area (Å²) in [5, 5.41) is 0. The fourth-order valence-electron chi connectivity index (χ4n) is 8.89. The van der Waals surface area contributed by atoms with Gasteiger partial charge in [0.05, 0.1) is 0 Å². The van der Waals surface area contributed by atoms with Gasteiger partial charge in [-0.1, -0.05) is 291 Å². The Bertz CT molecular complexity index is 966. The summed E-state index contributed by atoms with van der Waals surface area (Å²) in [6, 6.07) is 0. The van der Waals surface area contributed by atoms with Crippen molar-refractivity contribution in [3.05, 3.63) is 0 Å². The van der Waals surface area contributed by atoms with Crippen LogP contribution in [-0.2, 0) is 28.6 Å². The highest BCUT2D eigenvalue weighted by molar-refractivity contribution is 5.71. The number of hydrogen-bond donors (Lipinski definition) is 0. The molecule has 0 fully saturated rings. The van der Waals surface area contributed by atoms with Crippen molar-refractivity contribution < 1.29 is 28.6 Å². The second-order valence-electron chi connectivity index (χ2n) is 20.2. The van der Waals surface area contributed by atoms with Crippen LogP contribution in [0.3, 0.4) is 0 Å². The van der Waals surface area contributed by atoms with Crippen molar-refractivity contribution in [2.45, 2.75) is 336 Å². The van der Waals surface area contributed by atoms with Crippen molar-refractivity contribution in [1.82, 2.24) is 0 Å². The van der Waals surface area contributed by atoms with E-state index in [0.717, 1.165) is 63.7 Å². The van der Waals surface area contributed by atoms with Crippen LogP contribution in [0.5, 0.6) is 0 Å². The average molecular weight is 906 g/mol. The molecule has 0 radical (unpaired) electrons. The lowest BCUT2D eigenvalue weighted by Gasteiger charge is -2.18. The maximum Gasteiger partial charge on any atom is 0.306 e. The lowest BCUT2D eigenvalue weighted by molar-refractivity contribution is -0.167. The molecule has 0 saturated carbocycles. The van der Waals surface area contributed by atoms with Crippen molar-refractivity contribution in [3.8, 4) is 0 Å². The summed E-state index contributed by atoms with van der Waals surface area (Å²) in [7, 11) is 0. The van der Waals surface area contributed by atoms with E-state index in [-0.39, 0.29) is 31.1 Å². The molecule has 1 unspecified atom stereocenters. The number of esters is 3. The Kier molecular flexibility index (Phi) is 51.1. The van der Waals surface area contributed by atoms with Gasteiger partial charge in [0.1, 0.15) is 13.2 Å². The lowest BCUT2D eigenvalue weighted by atomic mass is 9.99. The first-order valence-electron chi connectivity index (χ1n) is 28.9. The topological polar surface area (TPSA) is 78.9 Å². The van der Waals surface area contributed by atoms with Gasteiger partial charge in [-0.05, 0) is 25.2 Å². The fourth-order valence-corrected chi connectivity index (χ4v) is 8.89. The zero-order valence-corrected chi connectivity index (χ0v) is 43.8. The third-order valence-electron chi connectivity index (χ3n) is 13.7. The molecule has 0 saturated heterocycles. The molecular formula is C58H112O6. The molecule has 0 heterocycles. The minimum Gasteiger partial charge on any atom is -0.462 e. The van der Waals surface area contributed by atoms with Gasteiger partial charge in [-0.25, -0.2) is 0 Å². The first-order chi connectivity index (χ1) is 31.4. The van der Waals surface area contributed by atoms with Crippen molar-refractivity contribution >= 4 is 17.9 Å². The third kappa shape index (κ3) is 49.8. The maximum absolute atomic E-state index is 12.8. The summed E-state index contributed by atoms with van der Waals surface area (Å²) in [4.78, 5) is 37.9. The molecule has 0 aliphatic heterocycles. The summed E-state index contributed by atoms with van der Waals surface area (Å²) in [5.74, 6) is 0.0652. The molecule has 0 bridgehead atoms. The monoisotopic (exact) mass is 905 g/mol. The van der Waals surface area contributed by atoms with Gasteiger partial charge in [-0.15, -0.1) is 0 Å². The van der Waals surface area contributed by atoms with E-state index in [1.165, 1.54) is 225 Å². The Balaban J connectivity index is 4.12. The van der Waals surface area contributed by atoms with Gasteiger partial charge >= 0.3 is 17.9 Å². The Hall–Kier alpha value is -1.59. The molecule has 0 aliphatic carbocycles. The van der Waals surface area contributed by atoms with E-state index >= 15 is 0 Å². The predicted molar refractivity (Wildman–Crippen MR) is 275 cm³/mol. The van der Waals surface area contributed by atoms with Crippen LogP contribution in [0.15, 0.2) is 0 Å². The third-order valence-corrected chi connectivity index (χ3v) is 13.7. The summed E-state index contributed by atoms with van der Waals surface area (Å²) in [6.45, 7) is 9.06. The molecule has 6 heteroatoms. The van der Waals surface area contributed by atoms with Crippen molar-refractivity contribution in [2.75, 3.05) is 13.2 Å². The number of hydrogen-bond acceptors (Lipinski definition) is 6. The van der Waals surface area contributed by atoms with Gasteiger partial charge in [0.2, 0.25) is 0 Å². The highest BCUT2D eigenvalue weighted by Gasteiger charge is 2.19. The van der Waals surface area contributed by atoms with E-state index in [1.54, 1.807) is 0 Å². The lowest BCUT2D eigenvalue weighted by Crippen LogP contribution is -2.30. The second-order valence-corrected chi connectivity index (χ2v) is 20.2. The Labute approximate surface area is 399 Å². The highest BCUT2D eigenvalue weighted by atomic mass is 16.6. The number of rotatable bonds is 53. The molecule has 0 aromatic rings. The van der Waals surface area contributed by atoms with E-state index < -0.39 is 6.10 Å². The minimum absolute atomic E-state index is 0.0624. The highest BCUT2D eigenvalue weighted by Crippen LogP contribution is 2.18. The van der Waals surface area contributed by atoms with Crippen molar-refractivity contribution in [3.63, 3.8) is 0 Å². The van der Waals surface area contributed by atoms with E-state index in [2.05, 4.69) is 27.7 Å². The molecule has 0 N–H and O–H groups in total. The van der Waals surface area contributed by atoms with E-state index in [9.17, 15) is 14.4 Å². The van der Waals surface area contributed by atoms with Crippen LogP contribution in [0.2, 0.25) is 0 Å². The molecule has 0 aliphatic rings. The largest absolute Gasteiger partial charge is 0.462 e. The second kappa shape index (κ2) is 52.4. The fraction of sp³-hybridized carbons (Fsp3) is 0.948. The van der Waals surface area contributed by atoms with Gasteiger partial charge in [0.25, 0.3) is 0 Å². The molecule has 0 aromatic heterocycles. The summed E-state index contributed by atoms with van der Waals surface area (Å²) in [6.07, 6.45) is 56.8. The number of ether oxygens (including phenoxy) is 3. The summed E-state index contributed by atoms with van der Waals surface area (Å²) >= 11 is 0. The van der Waals surface area contributed by atoms with Crippen LogP contribution in [0, 0.1) is 5.92 Å². The zero-order chi connectivity index (χ0) is 46.7. The standard InChI is InChI=1S/C58H112O6/c1-5-8-10-12-14-15-16-17-18-21-25-28-31-34-38-42-46-50-57(60)63-53-55(52-62-56(59)49-45-41-36-13-11-9-6-2)64-58(61)51-47-43-39-35-32-29-26-23-20-19-22-24-27-30-33-37-40-44-48-54(4)7-3/h54-55H,5-53H2,1-4H3/t54?,55-/m1/s1. The van der Waals surface area contributed by atoms with Crippen molar-refractivity contribution in [1.29, 1.82) is 0 Å². The zero-order valence-electron chi connectivity index (χ0n) is 43.8. The molecule has 6 nitrogen and oxygen atoms in total. The van der Waals surface area contributed by atoms with Crippen LogP contribution in [0.4, 0.5) is 0 Å². The number of carbonyl (C=O) groups is 3. The smallest absolute Gasteiger partial charge is 0.306 e. The van der Waals surface area contributed by atoms with Gasteiger partial charge in [-0.3, -0.25) is 14.4 Å². The Morgan fingerprint density at radius 2 is 0.547 bits per heavy atom. The van der Waals surface area contributed by atoms with Gasteiger partial charge in [0, 0.05) is 19.3 Å². The molecule has 0 aromatic carbocycles.